The molecule has 0 unspecified atom stereocenters. The van der Waals surface area contributed by atoms with Crippen LogP contribution >= 0.6 is 13.5 Å². The summed E-state index contributed by atoms with van der Waals surface area (Å²) in [5, 5.41) is 8.71. The summed E-state index contributed by atoms with van der Waals surface area (Å²) in [5.41, 5.74) is 7.56. The Kier molecular flexibility index (Phi) is 4.31. The summed E-state index contributed by atoms with van der Waals surface area (Å²) in [6, 6.07) is 3.90. The molecule has 0 saturated carbocycles. The summed E-state index contributed by atoms with van der Waals surface area (Å²) >= 11 is 0. The quantitative estimate of drug-likeness (QED) is 0.863. The molecular weight excluding hydrogens is 241 g/mol. The number of allylic oxidation sites excluding steroid dienone is 1. The van der Waals surface area contributed by atoms with Gasteiger partial charge in [-0.25, -0.2) is 4.39 Å². The molecule has 3 N–H and O–H groups in total. The topological polar surface area (TPSA) is 63.3 Å². The number of nitrogens with two attached hydrogens (primary N) is 1. The molecule has 1 aromatic carbocycles. The van der Waals surface area contributed by atoms with Gasteiger partial charge in [0.15, 0.2) is 0 Å². The first kappa shape index (κ1) is 13.7. The van der Waals surface area contributed by atoms with Gasteiger partial charge in [0.25, 0.3) is 0 Å². The molecule has 0 aliphatic heterocycles. The van der Waals surface area contributed by atoms with Gasteiger partial charge in [-0.15, -0.1) is 0 Å². The van der Waals surface area contributed by atoms with E-state index >= 15 is 0 Å². The summed E-state index contributed by atoms with van der Waals surface area (Å²) in [6.45, 7) is 0. The van der Waals surface area contributed by atoms with Crippen LogP contribution in [0.1, 0.15) is 17.5 Å². The van der Waals surface area contributed by atoms with Crippen molar-refractivity contribution >= 4 is 25.0 Å². The number of hydrogen-bond donors (Lipinski definition) is 2. The summed E-state index contributed by atoms with van der Waals surface area (Å²) in [4.78, 5) is 10.6. The number of benzene rings is 1. The summed E-state index contributed by atoms with van der Waals surface area (Å²) in [6.07, 6.45) is 2.66. The second-order valence-corrected chi connectivity index (χ2v) is 3.86. The van der Waals surface area contributed by atoms with Crippen molar-refractivity contribution in [3.05, 3.63) is 41.2 Å². The molecule has 0 heterocycles. The van der Waals surface area contributed by atoms with Gasteiger partial charge in [0.2, 0.25) is 0 Å². The first-order valence-electron chi connectivity index (χ1n) is 5.05. The number of fused-ring (bicyclic) bond motifs is 1. The Labute approximate surface area is 106 Å². The molecular formula is C12H14FNO2S. The van der Waals surface area contributed by atoms with E-state index in [4.69, 9.17) is 10.8 Å². The maximum Gasteiger partial charge on any atom is 0.320 e. The number of carbonyl (C=O) groups is 1. The van der Waals surface area contributed by atoms with Gasteiger partial charge in [0, 0.05) is 5.56 Å². The maximum atomic E-state index is 13.6. The predicted octanol–water partition coefficient (Wildman–Crippen LogP) is 1.68. The zero-order chi connectivity index (χ0) is 11.7. The zero-order valence-electron chi connectivity index (χ0n) is 9.11. The Morgan fingerprint density at radius 1 is 1.53 bits per heavy atom. The van der Waals surface area contributed by atoms with Crippen molar-refractivity contribution < 1.29 is 14.3 Å². The van der Waals surface area contributed by atoms with Crippen LogP contribution in [0.5, 0.6) is 0 Å². The normalized spacial score (nSPS) is 14.6. The third-order valence-corrected chi connectivity index (χ3v) is 2.75. The molecule has 92 valence electrons. The van der Waals surface area contributed by atoms with E-state index in [0.29, 0.717) is 17.6 Å². The third kappa shape index (κ3) is 2.68. The first-order valence-corrected chi connectivity index (χ1v) is 5.05. The van der Waals surface area contributed by atoms with Crippen molar-refractivity contribution in [2.24, 2.45) is 5.73 Å². The number of carboxylic acids is 1. The van der Waals surface area contributed by atoms with Crippen molar-refractivity contribution in [3.8, 4) is 0 Å². The van der Waals surface area contributed by atoms with Gasteiger partial charge < -0.3 is 10.8 Å². The fourth-order valence-electron chi connectivity index (χ4n) is 1.94. The van der Waals surface area contributed by atoms with E-state index in [1.165, 1.54) is 6.07 Å². The average molecular weight is 255 g/mol. The molecule has 0 spiro atoms. The van der Waals surface area contributed by atoms with Crippen LogP contribution in [0, 0.1) is 5.82 Å². The molecule has 2 rings (SSSR count). The largest absolute Gasteiger partial charge is 0.480 e. The summed E-state index contributed by atoms with van der Waals surface area (Å²) in [5.74, 6) is -1.37. The maximum absolute atomic E-state index is 13.6. The smallest absolute Gasteiger partial charge is 0.320 e. The third-order valence-electron chi connectivity index (χ3n) is 2.75. The molecule has 0 bridgehead atoms. The lowest BCUT2D eigenvalue weighted by molar-refractivity contribution is -0.138. The number of aliphatic carboxylic acids is 1. The molecule has 17 heavy (non-hydrogen) atoms. The van der Waals surface area contributed by atoms with E-state index in [-0.39, 0.29) is 25.7 Å². The fraction of sp³-hybridized carbons (Fsp3) is 0.250. The highest BCUT2D eigenvalue weighted by Gasteiger charge is 2.22. The van der Waals surface area contributed by atoms with Crippen LogP contribution in [-0.2, 0) is 11.2 Å². The number of carboxylic acid groups (broad SMARTS) is 1. The lowest BCUT2D eigenvalue weighted by Crippen LogP contribution is -2.30. The van der Waals surface area contributed by atoms with E-state index in [2.05, 4.69) is 0 Å². The lowest BCUT2D eigenvalue weighted by Gasteiger charge is -2.10. The molecule has 1 aliphatic rings. The van der Waals surface area contributed by atoms with Gasteiger partial charge in [-0.05, 0) is 30.0 Å². The Hall–Kier alpha value is -1.33. The minimum atomic E-state index is -1.06. The van der Waals surface area contributed by atoms with Gasteiger partial charge in [-0.2, -0.15) is 13.5 Å². The van der Waals surface area contributed by atoms with E-state index < -0.39 is 12.0 Å². The Morgan fingerprint density at radius 2 is 2.24 bits per heavy atom. The number of rotatable bonds is 3. The van der Waals surface area contributed by atoms with Gasteiger partial charge in [0.05, 0.1) is 0 Å². The molecule has 0 fully saturated rings. The monoisotopic (exact) mass is 255 g/mol. The molecule has 0 aromatic heterocycles. The Bertz CT molecular complexity index is 474. The van der Waals surface area contributed by atoms with E-state index in [1.54, 1.807) is 6.07 Å². The second kappa shape index (κ2) is 5.33. The first-order chi connectivity index (χ1) is 7.59. The number of hydrogen-bond acceptors (Lipinski definition) is 2. The number of halogens is 1. The van der Waals surface area contributed by atoms with Crippen LogP contribution in [0.3, 0.4) is 0 Å². The van der Waals surface area contributed by atoms with Crippen LogP contribution < -0.4 is 5.73 Å². The van der Waals surface area contributed by atoms with Crippen LogP contribution in [0.4, 0.5) is 4.39 Å². The van der Waals surface area contributed by atoms with Crippen molar-refractivity contribution in [2.75, 3.05) is 0 Å². The Morgan fingerprint density at radius 3 is 2.88 bits per heavy atom. The predicted molar refractivity (Wildman–Crippen MR) is 68.7 cm³/mol. The average Bonchev–Trinajstić information content (AvgIpc) is 2.63. The van der Waals surface area contributed by atoms with Crippen LogP contribution in [0.15, 0.2) is 24.3 Å². The second-order valence-electron chi connectivity index (χ2n) is 3.86. The molecule has 0 amide bonds. The van der Waals surface area contributed by atoms with Crippen molar-refractivity contribution in [3.63, 3.8) is 0 Å². The molecule has 0 saturated heterocycles. The standard InChI is InChI=1S/C12H12FNO2.H2S/c13-9-3-1-2-7-4-5-8(11(7)9)6-10(14)12(15)16;/h1-3,5,10H,4,6,14H2,(H,15,16);1H2/t10-;/m0./s1. The van der Waals surface area contributed by atoms with Crippen molar-refractivity contribution in [1.82, 2.24) is 0 Å². The van der Waals surface area contributed by atoms with Crippen LogP contribution in [-0.4, -0.2) is 17.1 Å². The molecule has 0 radical (unpaired) electrons. The molecule has 1 aromatic rings. The molecule has 5 heteroatoms. The van der Waals surface area contributed by atoms with E-state index in [9.17, 15) is 9.18 Å². The molecule has 3 nitrogen and oxygen atoms in total. The highest BCUT2D eigenvalue weighted by atomic mass is 32.1. The molecule has 1 atom stereocenters. The fourth-order valence-corrected chi connectivity index (χ4v) is 1.94. The minimum Gasteiger partial charge on any atom is -0.480 e. The van der Waals surface area contributed by atoms with Crippen molar-refractivity contribution in [1.29, 1.82) is 0 Å². The summed E-state index contributed by atoms with van der Waals surface area (Å²) in [7, 11) is 0. The van der Waals surface area contributed by atoms with E-state index in [0.717, 1.165) is 5.56 Å². The molecule has 1 aliphatic carbocycles. The van der Waals surface area contributed by atoms with Gasteiger partial charge in [0.1, 0.15) is 11.9 Å². The Balaban J connectivity index is 0.00000144. The minimum absolute atomic E-state index is 0. The highest BCUT2D eigenvalue weighted by Crippen LogP contribution is 2.32. The van der Waals surface area contributed by atoms with Crippen LogP contribution in [0.25, 0.3) is 5.57 Å². The van der Waals surface area contributed by atoms with Crippen LogP contribution in [0.2, 0.25) is 0 Å². The highest BCUT2D eigenvalue weighted by molar-refractivity contribution is 7.59. The SMILES string of the molecule is N[C@@H](CC1=CCc2cccc(F)c21)C(=O)O.S. The van der Waals surface area contributed by atoms with Gasteiger partial charge >= 0.3 is 5.97 Å². The van der Waals surface area contributed by atoms with E-state index in [1.807, 2.05) is 12.1 Å². The van der Waals surface area contributed by atoms with Crippen molar-refractivity contribution in [2.45, 2.75) is 18.9 Å². The van der Waals surface area contributed by atoms with Gasteiger partial charge in [-0.1, -0.05) is 18.2 Å². The zero-order valence-corrected chi connectivity index (χ0v) is 10.1. The summed E-state index contributed by atoms with van der Waals surface area (Å²) < 4.78 is 13.6. The van der Waals surface area contributed by atoms with Gasteiger partial charge in [-0.3, -0.25) is 4.79 Å². The lowest BCUT2D eigenvalue weighted by atomic mass is 9.99.